The van der Waals surface area contributed by atoms with Crippen LogP contribution in [0.25, 0.3) is 0 Å². The van der Waals surface area contributed by atoms with Crippen LogP contribution in [0, 0.1) is 0 Å². The smallest absolute Gasteiger partial charge is 0.161 e. The number of benzene rings is 2. The summed E-state index contributed by atoms with van der Waals surface area (Å²) in [6.45, 7) is 3.28. The van der Waals surface area contributed by atoms with Crippen molar-refractivity contribution in [1.29, 1.82) is 0 Å². The van der Waals surface area contributed by atoms with Crippen molar-refractivity contribution in [2.45, 2.75) is 13.0 Å². The summed E-state index contributed by atoms with van der Waals surface area (Å²) in [4.78, 5) is 0. The third-order valence-electron chi connectivity index (χ3n) is 3.37. The van der Waals surface area contributed by atoms with E-state index in [-0.39, 0.29) is 6.04 Å². The molecule has 1 atom stereocenters. The van der Waals surface area contributed by atoms with Gasteiger partial charge in [0.15, 0.2) is 11.5 Å². The fourth-order valence-corrected chi connectivity index (χ4v) is 2.79. The maximum absolute atomic E-state index is 6.22. The van der Waals surface area contributed by atoms with E-state index in [0.29, 0.717) is 18.2 Å². The predicted octanol–water partition coefficient (Wildman–Crippen LogP) is 5.05. The molecule has 1 aliphatic rings. The highest BCUT2D eigenvalue weighted by Crippen LogP contribution is 2.34. The van der Waals surface area contributed by atoms with Gasteiger partial charge in [0, 0.05) is 10.5 Å². The summed E-state index contributed by atoms with van der Waals surface area (Å²) in [5, 5.41) is 4.11. The molecule has 2 aromatic rings. The molecule has 5 heteroatoms. The Kier molecular flexibility index (Phi) is 4.27. The highest BCUT2D eigenvalue weighted by atomic mass is 79.9. The molecule has 110 valence electrons. The van der Waals surface area contributed by atoms with Crippen molar-refractivity contribution in [3.63, 3.8) is 0 Å². The van der Waals surface area contributed by atoms with Gasteiger partial charge in [-0.1, -0.05) is 33.6 Å². The predicted molar refractivity (Wildman–Crippen MR) is 88.6 cm³/mol. The van der Waals surface area contributed by atoms with Gasteiger partial charge in [-0.15, -0.1) is 0 Å². The van der Waals surface area contributed by atoms with Gasteiger partial charge < -0.3 is 14.8 Å². The van der Waals surface area contributed by atoms with Crippen LogP contribution in [0.4, 0.5) is 5.69 Å². The Balaban J connectivity index is 1.82. The van der Waals surface area contributed by atoms with Crippen LogP contribution in [0.2, 0.25) is 5.02 Å². The molecular formula is C16H15BrClNO2. The minimum Gasteiger partial charge on any atom is -0.486 e. The van der Waals surface area contributed by atoms with E-state index < -0.39 is 0 Å². The zero-order valence-corrected chi connectivity index (χ0v) is 13.9. The number of hydrogen-bond acceptors (Lipinski definition) is 3. The SMILES string of the molecule is CC(Nc1cc(Br)ccc1Cl)c1ccc2c(c1)OCCO2. The molecule has 0 bridgehead atoms. The van der Waals surface area contributed by atoms with Gasteiger partial charge in [-0.2, -0.15) is 0 Å². The number of nitrogens with one attached hydrogen (secondary N) is 1. The number of anilines is 1. The van der Waals surface area contributed by atoms with Gasteiger partial charge in [-0.25, -0.2) is 0 Å². The molecule has 0 aliphatic carbocycles. The van der Waals surface area contributed by atoms with Crippen LogP contribution in [0.5, 0.6) is 11.5 Å². The molecule has 0 radical (unpaired) electrons. The molecular weight excluding hydrogens is 354 g/mol. The summed E-state index contributed by atoms with van der Waals surface area (Å²) in [5.41, 5.74) is 2.02. The number of ether oxygens (including phenoxy) is 2. The molecule has 0 amide bonds. The highest BCUT2D eigenvalue weighted by molar-refractivity contribution is 9.10. The van der Waals surface area contributed by atoms with E-state index in [0.717, 1.165) is 27.2 Å². The summed E-state index contributed by atoms with van der Waals surface area (Å²) < 4.78 is 12.1. The molecule has 0 aromatic heterocycles. The van der Waals surface area contributed by atoms with E-state index in [1.807, 2.05) is 36.4 Å². The first kappa shape index (κ1) is 14.5. The summed E-state index contributed by atoms with van der Waals surface area (Å²) in [6.07, 6.45) is 0. The number of fused-ring (bicyclic) bond motifs is 1. The lowest BCUT2D eigenvalue weighted by Crippen LogP contribution is -2.16. The Bertz CT molecular complexity index is 663. The second-order valence-electron chi connectivity index (χ2n) is 4.89. The van der Waals surface area contributed by atoms with Crippen molar-refractivity contribution in [2.75, 3.05) is 18.5 Å². The summed E-state index contributed by atoms with van der Waals surface area (Å²) in [5.74, 6) is 1.60. The second-order valence-corrected chi connectivity index (χ2v) is 6.22. The third kappa shape index (κ3) is 3.27. The minimum absolute atomic E-state index is 0.104. The van der Waals surface area contributed by atoms with Crippen molar-refractivity contribution in [2.24, 2.45) is 0 Å². The van der Waals surface area contributed by atoms with Crippen LogP contribution in [0.1, 0.15) is 18.5 Å². The molecule has 0 saturated heterocycles. The molecule has 1 N–H and O–H groups in total. The fraction of sp³-hybridized carbons (Fsp3) is 0.250. The van der Waals surface area contributed by atoms with E-state index in [1.165, 1.54) is 0 Å². The Morgan fingerprint density at radius 2 is 1.86 bits per heavy atom. The maximum atomic E-state index is 6.22. The standard InChI is InChI=1S/C16H15BrClNO2/c1-10(19-14-9-12(17)3-4-13(14)18)11-2-5-15-16(8-11)21-7-6-20-15/h2-5,8-10,19H,6-7H2,1H3. The molecule has 3 rings (SSSR count). The lowest BCUT2D eigenvalue weighted by molar-refractivity contribution is 0.171. The second kappa shape index (κ2) is 6.16. The molecule has 2 aromatic carbocycles. The topological polar surface area (TPSA) is 30.5 Å². The summed E-state index contributed by atoms with van der Waals surface area (Å²) in [7, 11) is 0. The summed E-state index contributed by atoms with van der Waals surface area (Å²) in [6, 6.07) is 11.9. The Hall–Kier alpha value is -1.39. The van der Waals surface area contributed by atoms with Crippen LogP contribution >= 0.6 is 27.5 Å². The van der Waals surface area contributed by atoms with Crippen LogP contribution in [0.15, 0.2) is 40.9 Å². The van der Waals surface area contributed by atoms with Gasteiger partial charge in [0.05, 0.1) is 10.7 Å². The zero-order chi connectivity index (χ0) is 14.8. The van der Waals surface area contributed by atoms with E-state index in [9.17, 15) is 0 Å². The highest BCUT2D eigenvalue weighted by Gasteiger charge is 2.15. The molecule has 3 nitrogen and oxygen atoms in total. The first-order valence-corrected chi connectivity index (χ1v) is 7.92. The van der Waals surface area contributed by atoms with Crippen LogP contribution in [-0.2, 0) is 0 Å². The normalized spacial score (nSPS) is 14.6. The average molecular weight is 369 g/mol. The maximum Gasteiger partial charge on any atom is 0.161 e. The molecule has 21 heavy (non-hydrogen) atoms. The Morgan fingerprint density at radius 3 is 2.67 bits per heavy atom. The van der Waals surface area contributed by atoms with Crippen LogP contribution in [-0.4, -0.2) is 13.2 Å². The van der Waals surface area contributed by atoms with Crippen molar-refractivity contribution < 1.29 is 9.47 Å². The lowest BCUT2D eigenvalue weighted by atomic mass is 10.1. The van der Waals surface area contributed by atoms with E-state index in [2.05, 4.69) is 28.2 Å². The molecule has 1 aliphatic heterocycles. The Morgan fingerprint density at radius 1 is 1.10 bits per heavy atom. The van der Waals surface area contributed by atoms with E-state index >= 15 is 0 Å². The first-order valence-electron chi connectivity index (χ1n) is 6.74. The van der Waals surface area contributed by atoms with Gasteiger partial charge in [0.25, 0.3) is 0 Å². The minimum atomic E-state index is 0.104. The number of rotatable bonds is 3. The van der Waals surface area contributed by atoms with Gasteiger partial charge >= 0.3 is 0 Å². The number of hydrogen-bond donors (Lipinski definition) is 1. The fourth-order valence-electron chi connectivity index (χ4n) is 2.25. The van der Waals surface area contributed by atoms with Gasteiger partial charge in [0.1, 0.15) is 13.2 Å². The monoisotopic (exact) mass is 367 g/mol. The molecule has 0 saturated carbocycles. The molecule has 0 spiro atoms. The summed E-state index contributed by atoms with van der Waals surface area (Å²) >= 11 is 9.67. The van der Waals surface area contributed by atoms with Gasteiger partial charge in [0.2, 0.25) is 0 Å². The van der Waals surface area contributed by atoms with Crippen molar-refractivity contribution in [1.82, 2.24) is 0 Å². The molecule has 0 fully saturated rings. The van der Waals surface area contributed by atoms with Gasteiger partial charge in [-0.3, -0.25) is 0 Å². The van der Waals surface area contributed by atoms with Crippen molar-refractivity contribution in [3.05, 3.63) is 51.5 Å². The lowest BCUT2D eigenvalue weighted by Gasteiger charge is -2.22. The molecule has 1 unspecified atom stereocenters. The average Bonchev–Trinajstić information content (AvgIpc) is 2.50. The third-order valence-corrected chi connectivity index (χ3v) is 4.19. The van der Waals surface area contributed by atoms with Gasteiger partial charge in [-0.05, 0) is 42.8 Å². The number of halogens is 2. The zero-order valence-electron chi connectivity index (χ0n) is 11.5. The quantitative estimate of drug-likeness (QED) is 0.822. The van der Waals surface area contributed by atoms with Crippen LogP contribution in [0.3, 0.4) is 0 Å². The molecule has 1 heterocycles. The van der Waals surface area contributed by atoms with E-state index in [1.54, 1.807) is 0 Å². The van der Waals surface area contributed by atoms with E-state index in [4.69, 9.17) is 21.1 Å². The first-order chi connectivity index (χ1) is 10.1. The Labute approximate surface area is 137 Å². The van der Waals surface area contributed by atoms with Crippen molar-refractivity contribution >= 4 is 33.2 Å². The largest absolute Gasteiger partial charge is 0.486 e. The van der Waals surface area contributed by atoms with Crippen LogP contribution < -0.4 is 14.8 Å². The van der Waals surface area contributed by atoms with Crippen molar-refractivity contribution in [3.8, 4) is 11.5 Å².